The van der Waals surface area contributed by atoms with Gasteiger partial charge in [0.05, 0.1) is 11.4 Å². The van der Waals surface area contributed by atoms with Gasteiger partial charge in [-0.3, -0.25) is 10.1 Å². The van der Waals surface area contributed by atoms with Crippen LogP contribution in [0.2, 0.25) is 0 Å². The van der Waals surface area contributed by atoms with E-state index in [1.165, 1.54) is 28.2 Å². The zero-order valence-corrected chi connectivity index (χ0v) is 17.0. The van der Waals surface area contributed by atoms with E-state index in [0.29, 0.717) is 11.0 Å². The second-order valence-electron chi connectivity index (χ2n) is 7.88. The number of hydrogen-bond acceptors (Lipinski definition) is 4. The molecular formula is C23H16F2N4OS. The number of carbonyl (C=O) groups excluding carboxylic acids is 1. The summed E-state index contributed by atoms with van der Waals surface area (Å²) in [5.74, 6) is -0.969. The molecule has 1 N–H and O–H groups in total. The molecule has 6 rings (SSSR count). The lowest BCUT2D eigenvalue weighted by atomic mass is 10.1. The monoisotopic (exact) mass is 434 g/mol. The standard InChI is InChI=1S/C23H16F2N4OS/c24-14-6-7-19(17(25)10-14)29-21-15-8-13(15)9-16(21)20(28-29)22(30)27-23-26-18(11-31-23)12-4-2-1-3-5-12/h1-7,10-11,13,15H,8-9H2,(H,26,27,30)/t13-,15-/m1/s1. The number of amides is 1. The lowest BCUT2D eigenvalue weighted by Gasteiger charge is -2.07. The van der Waals surface area contributed by atoms with Crippen LogP contribution in [0.4, 0.5) is 13.9 Å². The average Bonchev–Trinajstić information content (AvgIpc) is 3.10. The minimum Gasteiger partial charge on any atom is -0.296 e. The molecule has 2 atom stereocenters. The van der Waals surface area contributed by atoms with Gasteiger partial charge in [-0.25, -0.2) is 18.4 Å². The molecule has 0 aliphatic heterocycles. The largest absolute Gasteiger partial charge is 0.296 e. The number of carbonyl (C=O) groups is 1. The fourth-order valence-electron chi connectivity index (χ4n) is 4.36. The highest BCUT2D eigenvalue weighted by atomic mass is 32.1. The minimum atomic E-state index is -0.700. The van der Waals surface area contributed by atoms with E-state index in [2.05, 4.69) is 15.4 Å². The minimum absolute atomic E-state index is 0.157. The van der Waals surface area contributed by atoms with Gasteiger partial charge in [-0.2, -0.15) is 5.10 Å². The Balaban J connectivity index is 1.33. The van der Waals surface area contributed by atoms with Crippen molar-refractivity contribution in [1.82, 2.24) is 14.8 Å². The predicted octanol–water partition coefficient (Wildman–Crippen LogP) is 5.19. The summed E-state index contributed by atoms with van der Waals surface area (Å²) >= 11 is 1.34. The lowest BCUT2D eigenvalue weighted by Crippen LogP contribution is -2.15. The number of nitrogens with one attached hydrogen (secondary N) is 1. The molecule has 1 amide bonds. The van der Waals surface area contributed by atoms with Gasteiger partial charge in [0, 0.05) is 28.5 Å². The van der Waals surface area contributed by atoms with Gasteiger partial charge in [0.15, 0.2) is 16.6 Å². The first-order chi connectivity index (χ1) is 15.1. The van der Waals surface area contributed by atoms with Gasteiger partial charge >= 0.3 is 0 Å². The Bertz CT molecular complexity index is 1330. The molecule has 2 aromatic heterocycles. The summed E-state index contributed by atoms with van der Waals surface area (Å²) in [6, 6.07) is 13.1. The van der Waals surface area contributed by atoms with Crippen LogP contribution in [0, 0.1) is 17.6 Å². The first-order valence-electron chi connectivity index (χ1n) is 9.98. The van der Waals surface area contributed by atoms with Crippen molar-refractivity contribution in [3.05, 3.63) is 82.5 Å². The van der Waals surface area contributed by atoms with E-state index in [1.807, 2.05) is 35.7 Å². The van der Waals surface area contributed by atoms with Crippen molar-refractivity contribution in [3.63, 3.8) is 0 Å². The molecule has 0 unspecified atom stereocenters. The third-order valence-corrected chi connectivity index (χ3v) is 6.67. The average molecular weight is 434 g/mol. The molecule has 2 heterocycles. The summed E-state index contributed by atoms with van der Waals surface area (Å²) in [6.45, 7) is 0. The highest BCUT2D eigenvalue weighted by Crippen LogP contribution is 2.57. The van der Waals surface area contributed by atoms with Crippen LogP contribution in [-0.2, 0) is 6.42 Å². The maximum atomic E-state index is 14.5. The molecule has 31 heavy (non-hydrogen) atoms. The summed E-state index contributed by atoms with van der Waals surface area (Å²) < 4.78 is 29.3. The number of anilines is 1. The number of halogens is 2. The number of rotatable bonds is 4. The normalized spacial score (nSPS) is 18.5. The van der Waals surface area contributed by atoms with Crippen LogP contribution in [-0.4, -0.2) is 20.7 Å². The number of hydrogen-bond donors (Lipinski definition) is 1. The molecular weight excluding hydrogens is 418 g/mol. The molecule has 4 aromatic rings. The van der Waals surface area contributed by atoms with Gasteiger partial charge in [0.25, 0.3) is 5.91 Å². The van der Waals surface area contributed by atoms with Crippen LogP contribution in [0.5, 0.6) is 0 Å². The zero-order chi connectivity index (χ0) is 21.1. The number of nitrogens with zero attached hydrogens (tertiary/aromatic N) is 3. The van der Waals surface area contributed by atoms with E-state index in [4.69, 9.17) is 0 Å². The quantitative estimate of drug-likeness (QED) is 0.481. The second-order valence-corrected chi connectivity index (χ2v) is 8.74. The van der Waals surface area contributed by atoms with E-state index < -0.39 is 11.6 Å². The third-order valence-electron chi connectivity index (χ3n) is 5.91. The van der Waals surface area contributed by atoms with Crippen molar-refractivity contribution in [3.8, 4) is 16.9 Å². The van der Waals surface area contributed by atoms with Crippen molar-refractivity contribution < 1.29 is 13.6 Å². The first-order valence-corrected chi connectivity index (χ1v) is 10.9. The molecule has 0 bridgehead atoms. The van der Waals surface area contributed by atoms with Crippen LogP contribution < -0.4 is 5.32 Å². The van der Waals surface area contributed by atoms with Crippen LogP contribution >= 0.6 is 11.3 Å². The van der Waals surface area contributed by atoms with Crippen molar-refractivity contribution in [2.24, 2.45) is 5.92 Å². The Labute approximate surface area is 180 Å². The maximum absolute atomic E-state index is 14.5. The molecule has 0 spiro atoms. The summed E-state index contributed by atoms with van der Waals surface area (Å²) in [6.07, 6.45) is 1.76. The van der Waals surface area contributed by atoms with Gasteiger partial charge < -0.3 is 0 Å². The Morgan fingerprint density at radius 3 is 2.81 bits per heavy atom. The van der Waals surface area contributed by atoms with Gasteiger partial charge in [0.2, 0.25) is 0 Å². The molecule has 0 radical (unpaired) electrons. The van der Waals surface area contributed by atoms with E-state index >= 15 is 0 Å². The fraction of sp³-hybridized carbons (Fsp3) is 0.174. The SMILES string of the molecule is O=C(Nc1nc(-c2ccccc2)cs1)c1nn(-c2ccc(F)cc2F)c2c1C[C@H]1C[C@@H]21. The van der Waals surface area contributed by atoms with Crippen LogP contribution in [0.25, 0.3) is 16.9 Å². The number of thiazole rings is 1. The fourth-order valence-corrected chi connectivity index (χ4v) is 5.08. The van der Waals surface area contributed by atoms with Crippen LogP contribution in [0.15, 0.2) is 53.9 Å². The number of benzene rings is 2. The van der Waals surface area contributed by atoms with Crippen LogP contribution in [0.3, 0.4) is 0 Å². The molecule has 1 fully saturated rings. The highest BCUT2D eigenvalue weighted by Gasteiger charge is 2.50. The summed E-state index contributed by atoms with van der Waals surface area (Å²) in [5, 5.41) is 9.65. The maximum Gasteiger partial charge on any atom is 0.278 e. The molecule has 1 saturated carbocycles. The summed E-state index contributed by atoms with van der Waals surface area (Å²) in [7, 11) is 0. The lowest BCUT2D eigenvalue weighted by molar-refractivity contribution is 0.102. The predicted molar refractivity (Wildman–Crippen MR) is 114 cm³/mol. The first kappa shape index (κ1) is 18.4. The Kier molecular flexibility index (Phi) is 4.04. The van der Waals surface area contributed by atoms with Crippen LogP contribution in [0.1, 0.15) is 34.1 Å². The zero-order valence-electron chi connectivity index (χ0n) is 16.2. The van der Waals surface area contributed by atoms with Crippen molar-refractivity contribution in [1.29, 1.82) is 0 Å². The third kappa shape index (κ3) is 3.06. The van der Waals surface area contributed by atoms with E-state index in [0.717, 1.165) is 41.4 Å². The van der Waals surface area contributed by atoms with Gasteiger partial charge in [-0.15, -0.1) is 11.3 Å². The van der Waals surface area contributed by atoms with E-state index in [1.54, 1.807) is 0 Å². The summed E-state index contributed by atoms with van der Waals surface area (Å²) in [5.41, 5.74) is 3.90. The van der Waals surface area contributed by atoms with Gasteiger partial charge in [-0.05, 0) is 30.9 Å². The summed E-state index contributed by atoms with van der Waals surface area (Å²) in [4.78, 5) is 17.6. The van der Waals surface area contributed by atoms with Crippen molar-refractivity contribution in [2.75, 3.05) is 5.32 Å². The van der Waals surface area contributed by atoms with E-state index in [-0.39, 0.29) is 23.2 Å². The molecule has 2 aromatic carbocycles. The Morgan fingerprint density at radius 1 is 1.16 bits per heavy atom. The molecule has 2 aliphatic carbocycles. The van der Waals surface area contributed by atoms with E-state index in [9.17, 15) is 13.6 Å². The molecule has 154 valence electrons. The second kappa shape index (κ2) is 6.81. The van der Waals surface area contributed by atoms with Gasteiger partial charge in [0.1, 0.15) is 11.5 Å². The van der Waals surface area contributed by atoms with Crippen molar-refractivity contribution in [2.45, 2.75) is 18.8 Å². The topological polar surface area (TPSA) is 59.8 Å². The van der Waals surface area contributed by atoms with Crippen molar-refractivity contribution >= 4 is 22.4 Å². The number of aromatic nitrogens is 3. The number of fused-ring (bicyclic) bond motifs is 3. The van der Waals surface area contributed by atoms with Gasteiger partial charge in [-0.1, -0.05) is 30.3 Å². The Hall–Kier alpha value is -3.39. The molecule has 5 nitrogen and oxygen atoms in total. The highest BCUT2D eigenvalue weighted by molar-refractivity contribution is 7.14. The molecule has 8 heteroatoms. The molecule has 0 saturated heterocycles. The Morgan fingerprint density at radius 2 is 2.00 bits per heavy atom. The smallest absolute Gasteiger partial charge is 0.278 e. The molecule has 2 aliphatic rings.